The summed E-state index contributed by atoms with van der Waals surface area (Å²) in [5, 5.41) is 0. The number of fused-ring (bicyclic) bond motifs is 1. The summed E-state index contributed by atoms with van der Waals surface area (Å²) in [6.45, 7) is 10.2. The van der Waals surface area contributed by atoms with Gasteiger partial charge in [-0.3, -0.25) is 9.80 Å². The maximum Gasteiger partial charge on any atom is 0.319 e. The highest BCUT2D eigenvalue weighted by Gasteiger charge is 2.43. The lowest BCUT2D eigenvalue weighted by atomic mass is 10.1. The Morgan fingerprint density at radius 1 is 1.21 bits per heavy atom. The Balaban J connectivity index is 2.04. The molecule has 0 aliphatic carbocycles. The number of urea groups is 1. The quantitative estimate of drug-likeness (QED) is 0.757. The van der Waals surface area contributed by atoms with Crippen molar-refractivity contribution >= 4 is 6.03 Å². The highest BCUT2D eigenvalue weighted by molar-refractivity contribution is 5.74. The van der Waals surface area contributed by atoms with Crippen LogP contribution in [0, 0.1) is 0 Å². The molecule has 19 heavy (non-hydrogen) atoms. The molecule has 0 bridgehead atoms. The summed E-state index contributed by atoms with van der Waals surface area (Å²) in [7, 11) is 4.08. The molecule has 2 atom stereocenters. The molecular weight excluding hydrogens is 240 g/mol. The summed E-state index contributed by atoms with van der Waals surface area (Å²) in [5.41, 5.74) is 0. The van der Waals surface area contributed by atoms with Crippen molar-refractivity contribution in [2.24, 2.45) is 0 Å². The second kappa shape index (κ2) is 6.09. The third-order valence-corrected chi connectivity index (χ3v) is 4.62. The highest BCUT2D eigenvalue weighted by atomic mass is 16.2. The smallest absolute Gasteiger partial charge is 0.319 e. The largest absolute Gasteiger partial charge is 0.328 e. The summed E-state index contributed by atoms with van der Waals surface area (Å²) < 4.78 is 0. The van der Waals surface area contributed by atoms with Crippen LogP contribution in [0.3, 0.4) is 0 Å². The van der Waals surface area contributed by atoms with Crippen molar-refractivity contribution in [1.29, 1.82) is 0 Å². The van der Waals surface area contributed by atoms with Crippen LogP contribution >= 0.6 is 0 Å². The average Bonchev–Trinajstić information content (AvgIpc) is 2.86. The van der Waals surface area contributed by atoms with Crippen molar-refractivity contribution in [1.82, 2.24) is 19.6 Å². The Hall–Kier alpha value is -0.810. The molecule has 0 aromatic carbocycles. The van der Waals surface area contributed by atoms with Crippen molar-refractivity contribution < 1.29 is 4.79 Å². The van der Waals surface area contributed by atoms with Crippen molar-refractivity contribution in [3.63, 3.8) is 0 Å². The van der Waals surface area contributed by atoms with Crippen LogP contribution in [0.15, 0.2) is 0 Å². The summed E-state index contributed by atoms with van der Waals surface area (Å²) in [6.07, 6.45) is 1.19. The van der Waals surface area contributed by atoms with Gasteiger partial charge in [0.1, 0.15) is 0 Å². The maximum absolute atomic E-state index is 12.3. The number of hydrogen-bond donors (Lipinski definition) is 0. The number of amides is 2. The number of likely N-dealkylation sites (tertiary alicyclic amines) is 1. The SMILES string of the molecule is CCCN1CCN(C)C2CN(C(=O)N(C)CC)CC21. The minimum atomic E-state index is 0.182. The number of piperazine rings is 1. The van der Waals surface area contributed by atoms with Crippen molar-refractivity contribution in [3.8, 4) is 0 Å². The molecule has 2 fully saturated rings. The van der Waals surface area contributed by atoms with Crippen LogP contribution < -0.4 is 0 Å². The van der Waals surface area contributed by atoms with E-state index in [9.17, 15) is 4.79 Å². The van der Waals surface area contributed by atoms with Crippen LogP contribution in [0.1, 0.15) is 20.3 Å². The summed E-state index contributed by atoms with van der Waals surface area (Å²) >= 11 is 0. The fraction of sp³-hybridized carbons (Fsp3) is 0.929. The van der Waals surface area contributed by atoms with Gasteiger partial charge in [-0.25, -0.2) is 4.79 Å². The Morgan fingerprint density at radius 3 is 2.53 bits per heavy atom. The number of likely N-dealkylation sites (N-methyl/N-ethyl adjacent to an activating group) is 1. The minimum Gasteiger partial charge on any atom is -0.328 e. The van der Waals surface area contributed by atoms with Crippen LogP contribution in [-0.2, 0) is 0 Å². The molecule has 0 aromatic rings. The first-order valence-corrected chi connectivity index (χ1v) is 7.52. The lowest BCUT2D eigenvalue weighted by Crippen LogP contribution is -2.57. The van der Waals surface area contributed by atoms with Gasteiger partial charge >= 0.3 is 6.03 Å². The summed E-state index contributed by atoms with van der Waals surface area (Å²) in [6, 6.07) is 1.21. The molecule has 110 valence electrons. The Morgan fingerprint density at radius 2 is 1.89 bits per heavy atom. The van der Waals surface area contributed by atoms with Gasteiger partial charge in [-0.1, -0.05) is 6.92 Å². The van der Waals surface area contributed by atoms with Gasteiger partial charge < -0.3 is 9.80 Å². The maximum atomic E-state index is 12.3. The average molecular weight is 268 g/mol. The number of rotatable bonds is 3. The number of carbonyl (C=O) groups excluding carboxylic acids is 1. The van der Waals surface area contributed by atoms with Crippen molar-refractivity contribution in [2.75, 3.05) is 53.4 Å². The zero-order chi connectivity index (χ0) is 14.0. The topological polar surface area (TPSA) is 30.0 Å². The Bertz CT molecular complexity index is 323. The van der Waals surface area contributed by atoms with Crippen molar-refractivity contribution in [3.05, 3.63) is 0 Å². The fourth-order valence-corrected chi connectivity index (χ4v) is 3.28. The zero-order valence-corrected chi connectivity index (χ0v) is 12.8. The molecule has 0 N–H and O–H groups in total. The van der Waals surface area contributed by atoms with Gasteiger partial charge in [0, 0.05) is 51.9 Å². The van der Waals surface area contributed by atoms with Gasteiger partial charge in [-0.05, 0) is 26.9 Å². The highest BCUT2D eigenvalue weighted by Crippen LogP contribution is 2.25. The van der Waals surface area contributed by atoms with Crippen molar-refractivity contribution in [2.45, 2.75) is 32.4 Å². The van der Waals surface area contributed by atoms with Gasteiger partial charge in [-0.2, -0.15) is 0 Å². The lowest BCUT2D eigenvalue weighted by molar-refractivity contribution is 0.0630. The van der Waals surface area contributed by atoms with E-state index in [2.05, 4.69) is 23.8 Å². The molecule has 2 aliphatic heterocycles. The molecule has 2 aliphatic rings. The van der Waals surface area contributed by atoms with E-state index < -0.39 is 0 Å². The first-order chi connectivity index (χ1) is 9.08. The van der Waals surface area contributed by atoms with E-state index in [0.29, 0.717) is 12.1 Å². The molecule has 0 spiro atoms. The molecule has 2 saturated heterocycles. The molecule has 0 radical (unpaired) electrons. The van der Waals surface area contributed by atoms with Crippen LogP contribution in [0.25, 0.3) is 0 Å². The Kier molecular flexibility index (Phi) is 4.68. The second-order valence-electron chi connectivity index (χ2n) is 5.85. The van der Waals surface area contributed by atoms with Gasteiger partial charge in [0.05, 0.1) is 0 Å². The monoisotopic (exact) mass is 268 g/mol. The fourth-order valence-electron chi connectivity index (χ4n) is 3.28. The van der Waals surface area contributed by atoms with Gasteiger partial charge in [-0.15, -0.1) is 0 Å². The molecular formula is C14H28N4O. The van der Waals surface area contributed by atoms with Crippen LogP contribution in [0.4, 0.5) is 4.79 Å². The van der Waals surface area contributed by atoms with E-state index in [1.165, 1.54) is 6.42 Å². The van der Waals surface area contributed by atoms with E-state index in [0.717, 1.165) is 39.3 Å². The first kappa shape index (κ1) is 14.6. The normalized spacial score (nSPS) is 28.5. The lowest BCUT2D eigenvalue weighted by Gasteiger charge is -2.42. The number of nitrogens with zero attached hydrogens (tertiary/aromatic N) is 4. The van der Waals surface area contributed by atoms with E-state index in [1.807, 2.05) is 23.8 Å². The van der Waals surface area contributed by atoms with Gasteiger partial charge in [0.2, 0.25) is 0 Å². The van der Waals surface area contributed by atoms with E-state index >= 15 is 0 Å². The minimum absolute atomic E-state index is 0.182. The molecule has 2 unspecified atom stereocenters. The van der Waals surface area contributed by atoms with E-state index in [4.69, 9.17) is 0 Å². The molecule has 5 nitrogen and oxygen atoms in total. The second-order valence-corrected chi connectivity index (χ2v) is 5.85. The summed E-state index contributed by atoms with van der Waals surface area (Å²) in [5.74, 6) is 0. The van der Waals surface area contributed by atoms with Crippen LogP contribution in [0.5, 0.6) is 0 Å². The molecule has 5 heteroatoms. The Labute approximate surface area is 117 Å². The van der Waals surface area contributed by atoms with E-state index in [1.54, 1.807) is 0 Å². The van der Waals surface area contributed by atoms with E-state index in [-0.39, 0.29) is 6.03 Å². The molecule has 2 amide bonds. The predicted molar refractivity (Wildman–Crippen MR) is 77.3 cm³/mol. The molecule has 0 saturated carbocycles. The zero-order valence-electron chi connectivity index (χ0n) is 12.8. The first-order valence-electron chi connectivity index (χ1n) is 7.52. The summed E-state index contributed by atoms with van der Waals surface area (Å²) in [4.78, 5) is 21.1. The third kappa shape index (κ3) is 2.87. The number of hydrogen-bond acceptors (Lipinski definition) is 3. The molecule has 2 heterocycles. The van der Waals surface area contributed by atoms with Gasteiger partial charge in [0.25, 0.3) is 0 Å². The molecule has 2 rings (SSSR count). The predicted octanol–water partition coefficient (Wildman–Crippen LogP) is 0.768. The third-order valence-electron chi connectivity index (χ3n) is 4.62. The number of carbonyl (C=O) groups is 1. The van der Waals surface area contributed by atoms with Gasteiger partial charge in [0.15, 0.2) is 0 Å². The van der Waals surface area contributed by atoms with Crippen LogP contribution in [-0.4, -0.2) is 91.1 Å². The van der Waals surface area contributed by atoms with Crippen LogP contribution in [0.2, 0.25) is 0 Å². The standard InChI is InChI=1S/C14H28N4O/c1-5-7-17-9-8-16(4)12-10-18(11-13(12)17)14(19)15(3)6-2/h12-13H,5-11H2,1-4H3. The molecule has 0 aromatic heterocycles.